The first kappa shape index (κ1) is 10.9. The summed E-state index contributed by atoms with van der Waals surface area (Å²) in [6.45, 7) is 0.707. The minimum Gasteiger partial charge on any atom is -0.493 e. The van der Waals surface area contributed by atoms with Gasteiger partial charge in [0, 0.05) is 18.2 Å². The van der Waals surface area contributed by atoms with E-state index in [2.05, 4.69) is 9.97 Å². The SMILES string of the molecule is O=C(Cc1ccncn1)c1ccc2c(c1)CCO2. The van der Waals surface area contributed by atoms with E-state index >= 15 is 0 Å². The maximum atomic E-state index is 12.1. The molecular weight excluding hydrogens is 228 g/mol. The zero-order valence-electron chi connectivity index (χ0n) is 9.80. The summed E-state index contributed by atoms with van der Waals surface area (Å²) in [6, 6.07) is 7.36. The molecule has 0 atom stereocenters. The van der Waals surface area contributed by atoms with Gasteiger partial charge in [-0.15, -0.1) is 0 Å². The molecule has 2 aromatic rings. The molecule has 0 saturated heterocycles. The highest BCUT2D eigenvalue weighted by atomic mass is 16.5. The Morgan fingerprint density at radius 3 is 3.11 bits per heavy atom. The molecule has 1 aromatic heterocycles. The van der Waals surface area contributed by atoms with Gasteiger partial charge in [-0.05, 0) is 29.8 Å². The number of nitrogens with zero attached hydrogens (tertiary/aromatic N) is 2. The van der Waals surface area contributed by atoms with Crippen LogP contribution in [-0.2, 0) is 12.8 Å². The number of ether oxygens (including phenoxy) is 1. The number of rotatable bonds is 3. The molecule has 0 saturated carbocycles. The summed E-state index contributed by atoms with van der Waals surface area (Å²) in [6.07, 6.45) is 4.29. The van der Waals surface area contributed by atoms with E-state index < -0.39 is 0 Å². The van der Waals surface area contributed by atoms with Crippen LogP contribution in [0.1, 0.15) is 21.6 Å². The highest BCUT2D eigenvalue weighted by Gasteiger charge is 2.15. The van der Waals surface area contributed by atoms with Crippen molar-refractivity contribution in [3.63, 3.8) is 0 Å². The van der Waals surface area contributed by atoms with Crippen LogP contribution in [0.4, 0.5) is 0 Å². The molecule has 0 unspecified atom stereocenters. The lowest BCUT2D eigenvalue weighted by atomic mass is 10.0. The minimum atomic E-state index is 0.0726. The van der Waals surface area contributed by atoms with E-state index in [-0.39, 0.29) is 5.78 Å². The zero-order chi connectivity index (χ0) is 12.4. The van der Waals surface area contributed by atoms with Crippen molar-refractivity contribution in [2.45, 2.75) is 12.8 Å². The number of ketones is 1. The van der Waals surface area contributed by atoms with Gasteiger partial charge in [0.25, 0.3) is 0 Å². The fourth-order valence-electron chi connectivity index (χ4n) is 2.05. The number of hydrogen-bond donors (Lipinski definition) is 0. The topological polar surface area (TPSA) is 52.1 Å². The van der Waals surface area contributed by atoms with Crippen LogP contribution < -0.4 is 4.74 Å². The summed E-state index contributed by atoms with van der Waals surface area (Å²) in [5.41, 5.74) is 2.58. The van der Waals surface area contributed by atoms with Crippen molar-refractivity contribution in [3.8, 4) is 5.75 Å². The Morgan fingerprint density at radius 1 is 1.33 bits per heavy atom. The van der Waals surface area contributed by atoms with Crippen LogP contribution in [0.2, 0.25) is 0 Å². The van der Waals surface area contributed by atoms with Gasteiger partial charge in [-0.25, -0.2) is 9.97 Å². The summed E-state index contributed by atoms with van der Waals surface area (Å²) >= 11 is 0. The average Bonchev–Trinajstić information content (AvgIpc) is 2.87. The molecule has 0 spiro atoms. The Labute approximate surface area is 105 Å². The summed E-state index contributed by atoms with van der Waals surface area (Å²) in [4.78, 5) is 20.0. The second kappa shape index (κ2) is 4.56. The van der Waals surface area contributed by atoms with Crippen LogP contribution in [-0.4, -0.2) is 22.4 Å². The van der Waals surface area contributed by atoms with Gasteiger partial charge in [-0.1, -0.05) is 0 Å². The van der Waals surface area contributed by atoms with Gasteiger partial charge in [0.15, 0.2) is 5.78 Å². The molecule has 0 fully saturated rings. The van der Waals surface area contributed by atoms with Gasteiger partial charge < -0.3 is 4.74 Å². The Morgan fingerprint density at radius 2 is 2.28 bits per heavy atom. The molecule has 2 heterocycles. The molecular formula is C14H12N2O2. The Bertz CT molecular complexity index is 582. The average molecular weight is 240 g/mol. The quantitative estimate of drug-likeness (QED) is 0.768. The molecule has 4 heteroatoms. The third-order valence-corrected chi connectivity index (χ3v) is 3.00. The summed E-state index contributed by atoms with van der Waals surface area (Å²) in [5.74, 6) is 0.969. The predicted octanol–water partition coefficient (Wildman–Crippen LogP) is 1.84. The van der Waals surface area contributed by atoms with Crippen LogP contribution >= 0.6 is 0 Å². The third kappa shape index (κ3) is 2.09. The first-order chi connectivity index (χ1) is 8.83. The summed E-state index contributed by atoms with van der Waals surface area (Å²) < 4.78 is 5.42. The monoisotopic (exact) mass is 240 g/mol. The fourth-order valence-corrected chi connectivity index (χ4v) is 2.05. The molecule has 1 aliphatic heterocycles. The molecule has 0 N–H and O–H groups in total. The van der Waals surface area contributed by atoms with Crippen molar-refractivity contribution in [2.24, 2.45) is 0 Å². The summed E-state index contributed by atoms with van der Waals surface area (Å²) in [7, 11) is 0. The highest BCUT2D eigenvalue weighted by Crippen LogP contribution is 2.26. The number of aromatic nitrogens is 2. The second-order valence-corrected chi connectivity index (χ2v) is 4.22. The minimum absolute atomic E-state index is 0.0726. The van der Waals surface area contributed by atoms with Crippen LogP contribution in [0.3, 0.4) is 0 Å². The molecule has 0 radical (unpaired) electrons. The van der Waals surface area contributed by atoms with Crippen molar-refractivity contribution in [3.05, 3.63) is 53.6 Å². The van der Waals surface area contributed by atoms with Crippen molar-refractivity contribution >= 4 is 5.78 Å². The first-order valence-electron chi connectivity index (χ1n) is 5.87. The van der Waals surface area contributed by atoms with E-state index in [0.29, 0.717) is 13.0 Å². The molecule has 90 valence electrons. The van der Waals surface area contributed by atoms with Crippen molar-refractivity contribution in [2.75, 3.05) is 6.61 Å². The van der Waals surface area contributed by atoms with Crippen LogP contribution in [0, 0.1) is 0 Å². The summed E-state index contributed by atoms with van der Waals surface area (Å²) in [5, 5.41) is 0. The van der Waals surface area contributed by atoms with E-state index in [1.54, 1.807) is 12.3 Å². The number of hydrogen-bond acceptors (Lipinski definition) is 4. The Hall–Kier alpha value is -2.23. The van der Waals surface area contributed by atoms with Gasteiger partial charge in [-0.2, -0.15) is 0 Å². The number of fused-ring (bicyclic) bond motifs is 1. The predicted molar refractivity (Wildman–Crippen MR) is 65.7 cm³/mol. The molecule has 4 nitrogen and oxygen atoms in total. The number of carbonyl (C=O) groups excluding carboxylic acids is 1. The molecule has 0 aliphatic carbocycles. The van der Waals surface area contributed by atoms with E-state index in [9.17, 15) is 4.79 Å². The van der Waals surface area contributed by atoms with E-state index in [1.807, 2.05) is 18.2 Å². The van der Waals surface area contributed by atoms with Gasteiger partial charge in [-0.3, -0.25) is 4.79 Å². The highest BCUT2D eigenvalue weighted by molar-refractivity contribution is 5.97. The molecule has 3 rings (SSSR count). The zero-order valence-corrected chi connectivity index (χ0v) is 9.80. The van der Waals surface area contributed by atoms with Crippen LogP contribution in [0.5, 0.6) is 5.75 Å². The largest absolute Gasteiger partial charge is 0.493 e. The first-order valence-corrected chi connectivity index (χ1v) is 5.87. The van der Waals surface area contributed by atoms with E-state index in [4.69, 9.17) is 4.74 Å². The standard InChI is InChI=1S/C14H12N2O2/c17-13(8-12-3-5-15-9-16-12)10-1-2-14-11(7-10)4-6-18-14/h1-3,5,7,9H,4,6,8H2. The number of carbonyl (C=O) groups is 1. The number of Topliss-reactive ketones (excluding diaryl/α,β-unsaturated/α-hetero) is 1. The second-order valence-electron chi connectivity index (χ2n) is 4.22. The molecule has 0 bridgehead atoms. The maximum Gasteiger partial charge on any atom is 0.168 e. The third-order valence-electron chi connectivity index (χ3n) is 3.00. The van der Waals surface area contributed by atoms with Crippen molar-refractivity contribution in [1.82, 2.24) is 9.97 Å². The lowest BCUT2D eigenvalue weighted by Gasteiger charge is -2.03. The van der Waals surface area contributed by atoms with Crippen molar-refractivity contribution < 1.29 is 9.53 Å². The smallest absolute Gasteiger partial charge is 0.168 e. The van der Waals surface area contributed by atoms with Gasteiger partial charge in [0.05, 0.1) is 18.7 Å². The van der Waals surface area contributed by atoms with E-state index in [1.165, 1.54) is 6.33 Å². The Kier molecular flexibility index (Phi) is 2.76. The normalized spacial score (nSPS) is 12.9. The molecule has 0 amide bonds. The molecule has 1 aromatic carbocycles. The fraction of sp³-hybridized carbons (Fsp3) is 0.214. The van der Waals surface area contributed by atoms with Crippen LogP contribution in [0.15, 0.2) is 36.8 Å². The van der Waals surface area contributed by atoms with Gasteiger partial charge in [0.2, 0.25) is 0 Å². The maximum absolute atomic E-state index is 12.1. The number of benzene rings is 1. The van der Waals surface area contributed by atoms with Gasteiger partial charge in [0.1, 0.15) is 12.1 Å². The van der Waals surface area contributed by atoms with Gasteiger partial charge >= 0.3 is 0 Å². The lowest BCUT2D eigenvalue weighted by molar-refractivity contribution is 0.0992. The molecule has 18 heavy (non-hydrogen) atoms. The van der Waals surface area contributed by atoms with Crippen LogP contribution in [0.25, 0.3) is 0 Å². The molecule has 1 aliphatic rings. The Balaban J connectivity index is 1.81. The van der Waals surface area contributed by atoms with Crippen molar-refractivity contribution in [1.29, 1.82) is 0 Å². The van der Waals surface area contributed by atoms with E-state index in [0.717, 1.165) is 29.0 Å². The lowest BCUT2D eigenvalue weighted by Crippen LogP contribution is -2.05.